The summed E-state index contributed by atoms with van der Waals surface area (Å²) >= 11 is 13.1. The number of unbranched alkanes of at least 4 members (excludes halogenated alkanes) is 7. The Morgan fingerprint density at radius 1 is 0.500 bits per heavy atom. The number of esters is 3. The van der Waals surface area contributed by atoms with Crippen LogP contribution in [0.25, 0.3) is 0 Å². The van der Waals surface area contributed by atoms with Gasteiger partial charge in [-0.15, -0.1) is 0 Å². The fourth-order valence-electron chi connectivity index (χ4n) is 3.37. The zero-order valence-corrected chi connectivity index (χ0v) is 34.9. The number of rotatable bonds is 23. The van der Waals surface area contributed by atoms with E-state index in [1.807, 2.05) is 0 Å². The predicted molar refractivity (Wildman–Crippen MR) is 200 cm³/mol. The van der Waals surface area contributed by atoms with E-state index in [4.69, 9.17) is 14.2 Å². The first-order valence-electron chi connectivity index (χ1n) is 16.8. The molecule has 0 aliphatic rings. The second-order valence-electron chi connectivity index (χ2n) is 12.0. The van der Waals surface area contributed by atoms with Gasteiger partial charge in [-0.2, -0.15) is 37.9 Å². The zero-order chi connectivity index (χ0) is 34.4. The van der Waals surface area contributed by atoms with E-state index in [1.54, 1.807) is 22.5 Å². The standard InChI is InChI=1S/3C10H20O2S.C4H9.Sn/c3*1-9(2)6-4-3-5-7-12-10(11)8-13;1-3-4-2;/h3*9,13H,3-8H2,1-2H3;1,3-4H2,2H3;. The monoisotopic (exact) mass is 789 g/mol. The molecule has 0 aliphatic heterocycles. The number of hydrogen-bond donors (Lipinski definition) is 3. The summed E-state index contributed by atoms with van der Waals surface area (Å²) in [6.07, 6.45) is 16.7. The first kappa shape index (κ1) is 51.1. The van der Waals surface area contributed by atoms with Gasteiger partial charge in [0.05, 0.1) is 37.1 Å². The third-order valence-electron chi connectivity index (χ3n) is 5.98. The summed E-state index contributed by atoms with van der Waals surface area (Å²) in [4.78, 5) is 32.0. The van der Waals surface area contributed by atoms with Crippen molar-refractivity contribution in [3.63, 3.8) is 0 Å². The molecular weight excluding hydrogens is 719 g/mol. The first-order chi connectivity index (χ1) is 20.9. The molecule has 0 aromatic heterocycles. The van der Waals surface area contributed by atoms with E-state index in [0.29, 0.717) is 19.8 Å². The van der Waals surface area contributed by atoms with E-state index in [0.717, 1.165) is 56.3 Å². The summed E-state index contributed by atoms with van der Waals surface area (Å²) in [7, 11) is 0. The molecule has 0 saturated heterocycles. The summed E-state index contributed by atoms with van der Waals surface area (Å²) < 4.78 is 16.1. The Hall–Kier alpha value is 0.259. The summed E-state index contributed by atoms with van der Waals surface area (Å²) in [6, 6.07) is 0. The number of ether oxygens (including phenoxy) is 3. The Kier molecular flexibility index (Phi) is 50.2. The Morgan fingerprint density at radius 3 is 0.932 bits per heavy atom. The molecule has 0 aliphatic carbocycles. The molecule has 0 unspecified atom stereocenters. The van der Waals surface area contributed by atoms with Crippen LogP contribution in [0.2, 0.25) is 4.44 Å². The molecule has 0 bridgehead atoms. The summed E-state index contributed by atoms with van der Waals surface area (Å²) in [6.45, 7) is 17.2. The second-order valence-corrected chi connectivity index (χ2v) is 14.3. The van der Waals surface area contributed by atoms with Gasteiger partial charge in [0.2, 0.25) is 0 Å². The molecular formula is C34H69O6S3Sn. The molecule has 0 saturated carbocycles. The van der Waals surface area contributed by atoms with Crippen LogP contribution in [-0.4, -0.2) is 77.5 Å². The third-order valence-corrected chi connectivity index (χ3v) is 7.77. The van der Waals surface area contributed by atoms with E-state index in [9.17, 15) is 14.4 Å². The minimum atomic E-state index is -0.216. The zero-order valence-electron chi connectivity index (χ0n) is 29.4. The molecule has 10 heteroatoms. The molecule has 0 heterocycles. The van der Waals surface area contributed by atoms with E-state index in [2.05, 4.69) is 86.4 Å². The van der Waals surface area contributed by atoms with Crippen LogP contribution < -0.4 is 0 Å². The van der Waals surface area contributed by atoms with Crippen LogP contribution in [0.15, 0.2) is 0 Å². The molecule has 263 valence electrons. The van der Waals surface area contributed by atoms with Gasteiger partial charge in [0.25, 0.3) is 0 Å². The number of carbonyl (C=O) groups excluding carboxylic acids is 3. The van der Waals surface area contributed by atoms with Crippen molar-refractivity contribution in [1.82, 2.24) is 0 Å². The summed E-state index contributed by atoms with van der Waals surface area (Å²) in [5.74, 6) is 2.25. The van der Waals surface area contributed by atoms with Gasteiger partial charge in [-0.1, -0.05) is 99.3 Å². The Labute approximate surface area is 302 Å². The van der Waals surface area contributed by atoms with Crippen molar-refractivity contribution >= 4 is 78.3 Å². The normalized spacial score (nSPS) is 10.2. The van der Waals surface area contributed by atoms with Crippen molar-refractivity contribution in [2.45, 2.75) is 143 Å². The topological polar surface area (TPSA) is 78.9 Å². The second kappa shape index (κ2) is 43.3. The van der Waals surface area contributed by atoms with Crippen LogP contribution >= 0.6 is 37.9 Å². The molecule has 0 amide bonds. The van der Waals surface area contributed by atoms with Gasteiger partial charge in [-0.3, -0.25) is 14.4 Å². The fraction of sp³-hybridized carbons (Fsp3) is 0.912. The first-order valence-corrected chi connectivity index (χ1v) is 20.8. The van der Waals surface area contributed by atoms with Crippen LogP contribution in [0.3, 0.4) is 0 Å². The van der Waals surface area contributed by atoms with Crippen LogP contribution in [0.5, 0.6) is 0 Å². The molecule has 6 nitrogen and oxygen atoms in total. The Balaban J connectivity index is -0.000000253. The summed E-state index contributed by atoms with van der Waals surface area (Å²) in [5.41, 5.74) is 0. The van der Waals surface area contributed by atoms with Gasteiger partial charge in [0, 0.05) is 0 Å². The third kappa shape index (κ3) is 57.9. The van der Waals surface area contributed by atoms with Crippen molar-refractivity contribution in [2.24, 2.45) is 17.8 Å². The summed E-state index contributed by atoms with van der Waals surface area (Å²) in [5, 5.41) is 0. The number of hydrogen-bond acceptors (Lipinski definition) is 9. The fourth-order valence-corrected chi connectivity index (χ4v) is 4.65. The van der Waals surface area contributed by atoms with Gasteiger partial charge >= 0.3 is 64.6 Å². The average molecular weight is 789 g/mol. The Bertz CT molecular complexity index is 529. The van der Waals surface area contributed by atoms with Gasteiger partial charge in [0.15, 0.2) is 0 Å². The predicted octanol–water partition coefficient (Wildman–Crippen LogP) is 9.40. The number of thiol groups is 3. The van der Waals surface area contributed by atoms with Crippen molar-refractivity contribution in [1.29, 1.82) is 0 Å². The molecule has 0 aromatic carbocycles. The molecule has 0 rings (SSSR count). The molecule has 0 fully saturated rings. The Morgan fingerprint density at radius 2 is 0.773 bits per heavy atom. The van der Waals surface area contributed by atoms with E-state index < -0.39 is 0 Å². The maximum absolute atomic E-state index is 10.7. The van der Waals surface area contributed by atoms with Crippen LogP contribution in [0.4, 0.5) is 0 Å². The van der Waals surface area contributed by atoms with E-state index in [-0.39, 0.29) is 35.2 Å². The number of carbonyl (C=O) groups is 3. The maximum atomic E-state index is 10.7. The quantitative estimate of drug-likeness (QED) is 0.0315. The van der Waals surface area contributed by atoms with Crippen LogP contribution in [0, 0.1) is 17.8 Å². The average Bonchev–Trinajstić information content (AvgIpc) is 2.98. The molecule has 0 atom stereocenters. The minimum absolute atomic E-state index is 0.187. The molecule has 0 spiro atoms. The SMILES string of the molecule is CC(C)CCCCCOC(=O)CS.CC(C)CCCCCOC(=O)CS.CC(C)CCCCCOC(=O)CS.CCC[CH2][Sn]. The van der Waals surface area contributed by atoms with Crippen LogP contribution in [-0.2, 0) is 28.6 Å². The molecule has 44 heavy (non-hydrogen) atoms. The molecule has 0 N–H and O–H groups in total. The van der Waals surface area contributed by atoms with E-state index in [1.165, 1.54) is 55.8 Å². The molecule has 0 aromatic rings. The van der Waals surface area contributed by atoms with Crippen molar-refractivity contribution in [3.8, 4) is 0 Å². The van der Waals surface area contributed by atoms with Crippen molar-refractivity contribution in [2.75, 3.05) is 37.1 Å². The van der Waals surface area contributed by atoms with Crippen molar-refractivity contribution in [3.05, 3.63) is 0 Å². The van der Waals surface area contributed by atoms with Gasteiger partial charge in [0.1, 0.15) is 0 Å². The van der Waals surface area contributed by atoms with Gasteiger partial charge in [-0.25, -0.2) is 0 Å². The van der Waals surface area contributed by atoms with Crippen molar-refractivity contribution < 1.29 is 28.6 Å². The van der Waals surface area contributed by atoms with E-state index >= 15 is 0 Å². The van der Waals surface area contributed by atoms with Gasteiger partial charge in [-0.05, 0) is 37.0 Å². The van der Waals surface area contributed by atoms with Gasteiger partial charge < -0.3 is 14.2 Å². The van der Waals surface area contributed by atoms with Crippen LogP contribution in [0.1, 0.15) is 138 Å². The molecule has 3 radical (unpaired) electrons.